The molecule has 0 saturated heterocycles. The van der Waals surface area contributed by atoms with E-state index in [0.29, 0.717) is 28.7 Å². The molecule has 55 heavy (non-hydrogen) atoms. The van der Waals surface area contributed by atoms with E-state index in [2.05, 4.69) is 95.2 Å². The van der Waals surface area contributed by atoms with Gasteiger partial charge in [-0.1, -0.05) is 114 Å². The second kappa shape index (κ2) is 15.9. The fourth-order valence-corrected chi connectivity index (χ4v) is 9.18. The van der Waals surface area contributed by atoms with Gasteiger partial charge in [0.05, 0.1) is 14.2 Å². The number of ether oxygens (including phenoxy) is 2. The Morgan fingerprint density at radius 2 is 0.945 bits per heavy atom. The minimum absolute atomic E-state index is 0.340. The van der Waals surface area contributed by atoms with Crippen LogP contribution in [0.5, 0.6) is 34.5 Å². The van der Waals surface area contributed by atoms with E-state index in [1.54, 1.807) is 14.2 Å². The molecule has 1 heterocycles. The Hall–Kier alpha value is -5.22. The topological polar surface area (TPSA) is 67.4 Å². The predicted molar refractivity (Wildman–Crippen MR) is 227 cm³/mol. The predicted octanol–water partition coefficient (Wildman–Crippen LogP) is 12.8. The summed E-state index contributed by atoms with van der Waals surface area (Å²) in [6.45, 7) is 13.0. The standard InChI is InChI=1S/C46H47NO6P2/c1-45(2,3)39-29-33(48-7)27-37(43(39)52-54-42-26-18-16-24-36(42)35-23-15-17-25-41(35)47-54)38-28-34(49-8)30-40(46(4,5)6)44(38)53-55(50-31-19-11-9-12-20-31)51-32-21-13-10-14-22-32/h9-30,47H,1-8H3. The molecule has 0 bridgehead atoms. The zero-order valence-electron chi connectivity index (χ0n) is 32.5. The van der Waals surface area contributed by atoms with E-state index < -0.39 is 16.9 Å². The number of fused-ring (bicyclic) bond motifs is 3. The van der Waals surface area contributed by atoms with Crippen molar-refractivity contribution >= 4 is 27.9 Å². The summed E-state index contributed by atoms with van der Waals surface area (Å²) in [5.41, 5.74) is 6.04. The fraction of sp³-hybridized carbons (Fsp3) is 0.217. The Labute approximate surface area is 327 Å². The lowest BCUT2D eigenvalue weighted by Gasteiger charge is -2.33. The molecule has 9 heteroatoms. The highest BCUT2D eigenvalue weighted by atomic mass is 31.2. The van der Waals surface area contributed by atoms with Crippen molar-refractivity contribution in [1.29, 1.82) is 0 Å². The van der Waals surface area contributed by atoms with Crippen LogP contribution in [0.1, 0.15) is 52.7 Å². The fourth-order valence-electron chi connectivity index (χ4n) is 6.44. The van der Waals surface area contributed by atoms with Gasteiger partial charge in [-0.2, -0.15) is 0 Å². The summed E-state index contributed by atoms with van der Waals surface area (Å²) in [5, 5.41) is 4.87. The number of hydrogen-bond donors (Lipinski definition) is 1. The van der Waals surface area contributed by atoms with Crippen LogP contribution in [0.15, 0.2) is 133 Å². The molecule has 7 rings (SSSR count). The molecule has 0 aliphatic carbocycles. The maximum absolute atomic E-state index is 7.38. The molecule has 0 amide bonds. The minimum atomic E-state index is -2.03. The van der Waals surface area contributed by atoms with Crippen LogP contribution >= 0.6 is 16.9 Å². The van der Waals surface area contributed by atoms with Crippen LogP contribution in [0.3, 0.4) is 0 Å². The van der Waals surface area contributed by atoms with Crippen molar-refractivity contribution < 1.29 is 27.6 Å². The van der Waals surface area contributed by atoms with Gasteiger partial charge in [0.1, 0.15) is 34.5 Å². The SMILES string of the molecule is COc1cc(-c2cc(OC)cc(C(C)(C)C)c2OP2Nc3ccccc3-c3ccccc32)c(OP(Oc2ccccc2)Oc2ccccc2)c(C(C)(C)C)c1. The lowest BCUT2D eigenvalue weighted by Crippen LogP contribution is -2.21. The van der Waals surface area contributed by atoms with Crippen LogP contribution in [0.2, 0.25) is 0 Å². The molecule has 1 atom stereocenters. The first-order valence-corrected chi connectivity index (χ1v) is 20.6. The second-order valence-corrected chi connectivity index (χ2v) is 17.8. The molecule has 6 aromatic rings. The highest BCUT2D eigenvalue weighted by molar-refractivity contribution is 7.63. The molecule has 0 fully saturated rings. The first-order valence-electron chi connectivity index (χ1n) is 18.3. The van der Waals surface area contributed by atoms with Crippen LogP contribution in [-0.2, 0) is 10.8 Å². The van der Waals surface area contributed by atoms with Gasteiger partial charge < -0.3 is 32.7 Å². The highest BCUT2D eigenvalue weighted by Gasteiger charge is 2.35. The Kier molecular flexibility index (Phi) is 11.0. The van der Waals surface area contributed by atoms with Crippen molar-refractivity contribution in [3.05, 3.63) is 145 Å². The van der Waals surface area contributed by atoms with Gasteiger partial charge in [0, 0.05) is 38.8 Å². The van der Waals surface area contributed by atoms with Crippen molar-refractivity contribution in [2.24, 2.45) is 0 Å². The second-order valence-electron chi connectivity index (χ2n) is 15.3. The normalized spacial score (nSPS) is 13.6. The Morgan fingerprint density at radius 1 is 0.473 bits per heavy atom. The molecule has 0 saturated carbocycles. The zero-order valence-corrected chi connectivity index (χ0v) is 34.3. The molecular weight excluding hydrogens is 724 g/mol. The maximum Gasteiger partial charge on any atom is 0.530 e. The van der Waals surface area contributed by atoms with Crippen LogP contribution in [0, 0.1) is 0 Å². The lowest BCUT2D eigenvalue weighted by molar-refractivity contribution is 0.380. The Balaban J connectivity index is 1.45. The number of nitrogens with one attached hydrogen (secondary N) is 1. The summed E-state index contributed by atoms with van der Waals surface area (Å²) in [7, 11) is -0.0286. The molecular formula is C46H47NO6P2. The zero-order chi connectivity index (χ0) is 38.7. The van der Waals surface area contributed by atoms with E-state index in [4.69, 9.17) is 27.6 Å². The third kappa shape index (κ3) is 8.39. The van der Waals surface area contributed by atoms with Crippen LogP contribution in [0.25, 0.3) is 22.3 Å². The van der Waals surface area contributed by atoms with Gasteiger partial charge in [-0.15, -0.1) is 0 Å². The van der Waals surface area contributed by atoms with E-state index >= 15 is 0 Å². The third-order valence-corrected chi connectivity index (χ3v) is 11.9. The first-order chi connectivity index (χ1) is 26.4. The molecule has 6 aromatic carbocycles. The van der Waals surface area contributed by atoms with E-state index in [9.17, 15) is 0 Å². The van der Waals surface area contributed by atoms with Crippen LogP contribution in [0.4, 0.5) is 5.69 Å². The van der Waals surface area contributed by atoms with Gasteiger partial charge in [0.25, 0.3) is 0 Å². The van der Waals surface area contributed by atoms with Crippen molar-refractivity contribution in [2.75, 3.05) is 19.3 Å². The smallest absolute Gasteiger partial charge is 0.497 e. The number of para-hydroxylation sites is 3. The average molecular weight is 772 g/mol. The van der Waals surface area contributed by atoms with Crippen molar-refractivity contribution in [3.63, 3.8) is 0 Å². The summed E-state index contributed by atoms with van der Waals surface area (Å²) in [6, 6.07) is 44.1. The van der Waals surface area contributed by atoms with Crippen LogP contribution in [-0.4, -0.2) is 14.2 Å². The van der Waals surface area contributed by atoms with E-state index in [1.807, 2.05) is 84.9 Å². The van der Waals surface area contributed by atoms with Gasteiger partial charge >= 0.3 is 8.60 Å². The number of hydrogen-bond acceptors (Lipinski definition) is 7. The summed E-state index contributed by atoms with van der Waals surface area (Å²) in [4.78, 5) is 0. The van der Waals surface area contributed by atoms with Gasteiger partial charge in [0.15, 0.2) is 0 Å². The molecule has 1 unspecified atom stereocenters. The number of anilines is 1. The van der Waals surface area contributed by atoms with Gasteiger partial charge in [-0.05, 0) is 77.1 Å². The number of rotatable bonds is 11. The third-order valence-electron chi connectivity index (χ3n) is 9.26. The van der Waals surface area contributed by atoms with Gasteiger partial charge in [0.2, 0.25) is 8.30 Å². The van der Waals surface area contributed by atoms with Gasteiger partial charge in [-0.25, -0.2) is 0 Å². The van der Waals surface area contributed by atoms with Crippen molar-refractivity contribution in [3.8, 4) is 56.8 Å². The first kappa shape index (κ1) is 38.1. The molecule has 0 aromatic heterocycles. The molecule has 1 aliphatic heterocycles. The van der Waals surface area contributed by atoms with Gasteiger partial charge in [-0.3, -0.25) is 0 Å². The summed E-state index contributed by atoms with van der Waals surface area (Å²) >= 11 is 0. The molecule has 0 radical (unpaired) electrons. The van der Waals surface area contributed by atoms with Crippen molar-refractivity contribution in [1.82, 2.24) is 0 Å². The monoisotopic (exact) mass is 771 g/mol. The summed E-state index contributed by atoms with van der Waals surface area (Å²) in [6.07, 6.45) is 0. The quantitative estimate of drug-likeness (QED) is 0.132. The molecule has 7 nitrogen and oxygen atoms in total. The van der Waals surface area contributed by atoms with E-state index in [0.717, 1.165) is 50.1 Å². The maximum atomic E-state index is 7.38. The average Bonchev–Trinajstić information content (AvgIpc) is 3.18. The molecule has 282 valence electrons. The van der Waals surface area contributed by atoms with E-state index in [1.165, 1.54) is 0 Å². The molecule has 1 aliphatic rings. The highest BCUT2D eigenvalue weighted by Crippen LogP contribution is 2.56. The van der Waals surface area contributed by atoms with Crippen LogP contribution < -0.4 is 38.0 Å². The largest absolute Gasteiger partial charge is 0.530 e. The molecule has 1 N–H and O–H groups in total. The Morgan fingerprint density at radius 3 is 1.49 bits per heavy atom. The van der Waals surface area contributed by atoms with Crippen molar-refractivity contribution in [2.45, 2.75) is 52.4 Å². The number of benzene rings is 6. The lowest BCUT2D eigenvalue weighted by atomic mass is 9.81. The summed E-state index contributed by atoms with van der Waals surface area (Å²) in [5.74, 6) is 3.94. The number of methoxy groups -OCH3 is 2. The minimum Gasteiger partial charge on any atom is -0.497 e. The Bertz CT molecular complexity index is 2230. The molecule has 0 spiro atoms. The van der Waals surface area contributed by atoms with E-state index in [-0.39, 0.29) is 10.8 Å². The summed E-state index contributed by atoms with van der Waals surface area (Å²) < 4.78 is 39.5.